The third-order valence-electron chi connectivity index (χ3n) is 4.02. The lowest BCUT2D eigenvalue weighted by molar-refractivity contribution is -0.384. The van der Waals surface area contributed by atoms with Crippen LogP contribution in [0.1, 0.15) is 12.0 Å². The summed E-state index contributed by atoms with van der Waals surface area (Å²) in [6, 6.07) is 14.5. The van der Waals surface area contributed by atoms with Gasteiger partial charge in [0.15, 0.2) is 0 Å². The predicted octanol–water partition coefficient (Wildman–Crippen LogP) is 3.50. The molecule has 0 fully saturated rings. The molecule has 2 unspecified atom stereocenters. The van der Waals surface area contributed by atoms with Gasteiger partial charge in [-0.15, -0.1) is 11.8 Å². The molecule has 0 aromatic heterocycles. The van der Waals surface area contributed by atoms with E-state index in [1.807, 2.05) is 44.4 Å². The van der Waals surface area contributed by atoms with E-state index in [1.54, 1.807) is 23.9 Å². The number of nitro benzene ring substituents is 1. The molecule has 1 N–H and O–H groups in total. The number of hydrogen-bond acceptors (Lipinski definition) is 7. The molecule has 0 aliphatic heterocycles. The van der Waals surface area contributed by atoms with Gasteiger partial charge in [0.2, 0.25) is 0 Å². The van der Waals surface area contributed by atoms with Crippen LogP contribution >= 0.6 is 11.8 Å². The summed E-state index contributed by atoms with van der Waals surface area (Å²) in [5.74, 6) is 0.510. The van der Waals surface area contributed by atoms with Crippen LogP contribution in [0.4, 0.5) is 11.4 Å². The van der Waals surface area contributed by atoms with E-state index in [2.05, 4.69) is 10.2 Å². The number of nitro groups is 1. The summed E-state index contributed by atoms with van der Waals surface area (Å²) in [6.45, 7) is 0.841. The Morgan fingerprint density at radius 2 is 1.93 bits per heavy atom. The molecule has 2 aromatic carbocycles. The SMILES string of the molecule is CN(C)CCC(CSc1ccccc1)Nc1ccc(CS(=O)[O-])cc1[N+](=O)[O-]. The second kappa shape index (κ2) is 11.2. The van der Waals surface area contributed by atoms with Gasteiger partial charge in [-0.05, 0) is 50.8 Å². The molecule has 28 heavy (non-hydrogen) atoms. The predicted molar refractivity (Wildman–Crippen MR) is 113 cm³/mol. The fourth-order valence-corrected chi connectivity index (χ4v) is 4.07. The van der Waals surface area contributed by atoms with Gasteiger partial charge in [-0.1, -0.05) is 35.3 Å². The fourth-order valence-electron chi connectivity index (χ4n) is 2.62. The minimum Gasteiger partial charge on any atom is -0.772 e. The molecule has 152 valence electrons. The highest BCUT2D eigenvalue weighted by atomic mass is 32.2. The second-order valence-corrected chi connectivity index (χ2v) is 8.60. The first-order valence-electron chi connectivity index (χ1n) is 8.77. The maximum absolute atomic E-state index is 11.5. The minimum atomic E-state index is -2.29. The zero-order chi connectivity index (χ0) is 20.5. The van der Waals surface area contributed by atoms with Crippen molar-refractivity contribution in [2.75, 3.05) is 31.7 Å². The molecule has 0 heterocycles. The number of rotatable bonds is 11. The van der Waals surface area contributed by atoms with E-state index in [-0.39, 0.29) is 17.5 Å². The molecule has 0 radical (unpaired) electrons. The summed E-state index contributed by atoms with van der Waals surface area (Å²) < 4.78 is 21.8. The third kappa shape index (κ3) is 7.59. The van der Waals surface area contributed by atoms with Crippen molar-refractivity contribution in [2.24, 2.45) is 0 Å². The van der Waals surface area contributed by atoms with Crippen LogP contribution in [0.2, 0.25) is 0 Å². The molecule has 0 aliphatic rings. The minimum absolute atomic E-state index is 0.0193. The first kappa shape index (κ1) is 22.4. The Morgan fingerprint density at radius 1 is 1.21 bits per heavy atom. The first-order chi connectivity index (χ1) is 13.3. The average Bonchev–Trinajstić information content (AvgIpc) is 2.65. The van der Waals surface area contributed by atoms with Crippen LogP contribution in [0.25, 0.3) is 0 Å². The van der Waals surface area contributed by atoms with Crippen molar-refractivity contribution >= 4 is 34.2 Å². The van der Waals surface area contributed by atoms with Gasteiger partial charge in [0, 0.05) is 28.5 Å². The van der Waals surface area contributed by atoms with Crippen molar-refractivity contribution in [1.82, 2.24) is 4.90 Å². The molecule has 0 bridgehead atoms. The van der Waals surface area contributed by atoms with Gasteiger partial charge in [-0.25, -0.2) is 0 Å². The van der Waals surface area contributed by atoms with Gasteiger partial charge in [-0.2, -0.15) is 0 Å². The number of nitrogens with one attached hydrogen (secondary N) is 1. The van der Waals surface area contributed by atoms with Gasteiger partial charge in [0.25, 0.3) is 5.69 Å². The van der Waals surface area contributed by atoms with Crippen LogP contribution in [-0.4, -0.2) is 51.0 Å². The molecular weight excluding hydrogens is 398 g/mol. The molecule has 2 rings (SSSR count). The highest BCUT2D eigenvalue weighted by Gasteiger charge is 2.18. The number of hydrogen-bond donors (Lipinski definition) is 1. The average molecular weight is 423 g/mol. The largest absolute Gasteiger partial charge is 0.772 e. The Kier molecular flexibility index (Phi) is 8.91. The van der Waals surface area contributed by atoms with Gasteiger partial charge in [-0.3, -0.25) is 14.3 Å². The van der Waals surface area contributed by atoms with Crippen LogP contribution in [0.5, 0.6) is 0 Å². The zero-order valence-electron chi connectivity index (χ0n) is 15.9. The standard InChI is InChI=1S/C19H25N3O4S2/c1-21(2)11-10-16(13-27-17-6-4-3-5-7-17)20-18-9-8-15(14-28(25)26)12-19(18)22(23)24/h3-9,12,16,20H,10-11,13-14H2,1-2H3,(H,25,26)/p-1. The Morgan fingerprint density at radius 3 is 2.54 bits per heavy atom. The summed E-state index contributed by atoms with van der Waals surface area (Å²) in [5.41, 5.74) is 0.694. The molecule has 2 aromatic rings. The van der Waals surface area contributed by atoms with E-state index >= 15 is 0 Å². The van der Waals surface area contributed by atoms with Crippen molar-refractivity contribution in [3.63, 3.8) is 0 Å². The summed E-state index contributed by atoms with van der Waals surface area (Å²) in [7, 11) is 3.98. The number of nitrogens with zero attached hydrogens (tertiary/aromatic N) is 2. The van der Waals surface area contributed by atoms with Crippen LogP contribution in [0, 0.1) is 10.1 Å². The fraction of sp³-hybridized carbons (Fsp3) is 0.368. The molecule has 0 saturated heterocycles. The molecular formula is C19H24N3O4S2-. The van der Waals surface area contributed by atoms with Crippen LogP contribution in [-0.2, 0) is 16.8 Å². The van der Waals surface area contributed by atoms with Crippen molar-refractivity contribution in [3.8, 4) is 0 Å². The highest BCUT2D eigenvalue weighted by molar-refractivity contribution is 7.99. The van der Waals surface area contributed by atoms with Crippen LogP contribution < -0.4 is 5.32 Å². The summed E-state index contributed by atoms with van der Waals surface area (Å²) in [5, 5.41) is 14.8. The van der Waals surface area contributed by atoms with E-state index in [4.69, 9.17) is 0 Å². The lowest BCUT2D eigenvalue weighted by Crippen LogP contribution is -2.28. The lowest BCUT2D eigenvalue weighted by Gasteiger charge is -2.22. The molecule has 0 spiro atoms. The maximum Gasteiger partial charge on any atom is 0.292 e. The Labute approximate surface area is 172 Å². The van der Waals surface area contributed by atoms with E-state index in [0.29, 0.717) is 11.3 Å². The van der Waals surface area contributed by atoms with Gasteiger partial charge in [0.1, 0.15) is 5.69 Å². The molecule has 0 aliphatic carbocycles. The summed E-state index contributed by atoms with van der Waals surface area (Å²) in [6.07, 6.45) is 0.816. The van der Waals surface area contributed by atoms with Gasteiger partial charge < -0.3 is 14.8 Å². The van der Waals surface area contributed by atoms with E-state index < -0.39 is 16.0 Å². The Hall–Kier alpha value is -1.94. The second-order valence-electron chi connectivity index (χ2n) is 6.61. The smallest absolute Gasteiger partial charge is 0.292 e. The summed E-state index contributed by atoms with van der Waals surface area (Å²) in [4.78, 5) is 14.2. The van der Waals surface area contributed by atoms with Crippen LogP contribution in [0.3, 0.4) is 0 Å². The van der Waals surface area contributed by atoms with Crippen molar-refractivity contribution in [1.29, 1.82) is 0 Å². The molecule has 0 saturated carbocycles. The van der Waals surface area contributed by atoms with Crippen molar-refractivity contribution in [3.05, 3.63) is 64.2 Å². The Balaban J connectivity index is 2.16. The number of benzene rings is 2. The topological polar surface area (TPSA) is 98.5 Å². The molecule has 7 nitrogen and oxygen atoms in total. The van der Waals surface area contributed by atoms with Crippen LogP contribution in [0.15, 0.2) is 53.4 Å². The quantitative estimate of drug-likeness (QED) is 0.256. The summed E-state index contributed by atoms with van der Waals surface area (Å²) >= 11 is -0.597. The lowest BCUT2D eigenvalue weighted by atomic mass is 10.1. The zero-order valence-corrected chi connectivity index (χ0v) is 17.5. The number of thioether (sulfide) groups is 1. The monoisotopic (exact) mass is 422 g/mol. The maximum atomic E-state index is 11.5. The molecule has 2 atom stereocenters. The molecule has 9 heteroatoms. The normalized spacial score (nSPS) is 13.3. The third-order valence-corrected chi connectivity index (χ3v) is 5.77. The van der Waals surface area contributed by atoms with E-state index in [1.165, 1.54) is 6.07 Å². The van der Waals surface area contributed by atoms with E-state index in [9.17, 15) is 18.9 Å². The van der Waals surface area contributed by atoms with E-state index in [0.717, 1.165) is 23.6 Å². The number of anilines is 1. The van der Waals surface area contributed by atoms with Crippen molar-refractivity contribution in [2.45, 2.75) is 23.1 Å². The van der Waals surface area contributed by atoms with Gasteiger partial charge in [0.05, 0.1) is 4.92 Å². The van der Waals surface area contributed by atoms with Crippen molar-refractivity contribution < 1.29 is 13.7 Å². The molecule has 0 amide bonds. The Bertz CT molecular complexity index is 803. The first-order valence-corrected chi connectivity index (χ1v) is 11.0. The highest BCUT2D eigenvalue weighted by Crippen LogP contribution is 2.28. The van der Waals surface area contributed by atoms with Gasteiger partial charge >= 0.3 is 0 Å².